The van der Waals surface area contributed by atoms with E-state index in [1.165, 1.54) is 12.1 Å². The minimum atomic E-state index is -1.31. The number of nitrogens with zero attached hydrogens (tertiary/aromatic N) is 1. The van der Waals surface area contributed by atoms with Crippen molar-refractivity contribution in [1.29, 1.82) is 0 Å². The number of rotatable bonds is 4. The summed E-state index contributed by atoms with van der Waals surface area (Å²) in [7, 11) is 0. The molecule has 0 unspecified atom stereocenters. The highest BCUT2D eigenvalue weighted by Crippen LogP contribution is 2.13. The number of aryl methyl sites for hydroxylation is 3. The Balaban J connectivity index is 2.25. The second kappa shape index (κ2) is 6.48. The number of aromatic carboxylic acids is 1. The highest BCUT2D eigenvalue weighted by atomic mass is 16.4. The molecule has 2 rings (SSSR count). The molecule has 0 fully saturated rings. The van der Waals surface area contributed by atoms with E-state index >= 15 is 0 Å². The van der Waals surface area contributed by atoms with Gasteiger partial charge in [0, 0.05) is 11.4 Å². The Labute approximate surface area is 133 Å². The number of benzene rings is 1. The Hall–Kier alpha value is -2.89. The van der Waals surface area contributed by atoms with Crippen LogP contribution in [0, 0.1) is 20.8 Å². The smallest absolute Gasteiger partial charge is 0.341 e. The van der Waals surface area contributed by atoms with Crippen LogP contribution in [0.25, 0.3) is 0 Å². The Kier molecular flexibility index (Phi) is 4.64. The highest BCUT2D eigenvalue weighted by molar-refractivity contribution is 5.91. The Morgan fingerprint density at radius 1 is 1.09 bits per heavy atom. The average molecular weight is 314 g/mol. The second-order valence-electron chi connectivity index (χ2n) is 5.51. The maximum Gasteiger partial charge on any atom is 0.341 e. The lowest BCUT2D eigenvalue weighted by molar-refractivity contribution is -0.116. The summed E-state index contributed by atoms with van der Waals surface area (Å²) in [4.78, 5) is 35.3. The van der Waals surface area contributed by atoms with E-state index in [9.17, 15) is 14.4 Å². The van der Waals surface area contributed by atoms with Crippen LogP contribution >= 0.6 is 0 Å². The summed E-state index contributed by atoms with van der Waals surface area (Å²) >= 11 is 0. The number of carboxylic acid groups (broad SMARTS) is 1. The fraction of sp³-hybridized carbons (Fsp3) is 0.235. The van der Waals surface area contributed by atoms with Crippen LogP contribution in [0.4, 0.5) is 5.69 Å². The molecular formula is C17H18N2O4. The van der Waals surface area contributed by atoms with Crippen LogP contribution in [-0.4, -0.2) is 21.6 Å². The molecule has 23 heavy (non-hydrogen) atoms. The molecule has 2 aromatic rings. The summed E-state index contributed by atoms with van der Waals surface area (Å²) in [6.07, 6.45) is 0. The first-order valence-electron chi connectivity index (χ1n) is 7.10. The zero-order chi connectivity index (χ0) is 17.1. The minimum absolute atomic E-state index is 0.237. The third kappa shape index (κ3) is 3.85. The number of carboxylic acids is 1. The van der Waals surface area contributed by atoms with Crippen LogP contribution in [-0.2, 0) is 11.3 Å². The summed E-state index contributed by atoms with van der Waals surface area (Å²) in [5.74, 6) is -1.69. The fourth-order valence-electron chi connectivity index (χ4n) is 2.42. The van der Waals surface area contributed by atoms with Crippen LogP contribution in [0.15, 0.2) is 35.1 Å². The lowest BCUT2D eigenvalue weighted by atomic mass is 10.1. The van der Waals surface area contributed by atoms with Crippen LogP contribution in [0.2, 0.25) is 0 Å². The van der Waals surface area contributed by atoms with E-state index in [0.717, 1.165) is 15.7 Å². The largest absolute Gasteiger partial charge is 0.477 e. The van der Waals surface area contributed by atoms with Crippen LogP contribution in [0.1, 0.15) is 27.2 Å². The molecule has 120 valence electrons. The first kappa shape index (κ1) is 16.5. The van der Waals surface area contributed by atoms with Crippen molar-refractivity contribution in [3.8, 4) is 0 Å². The van der Waals surface area contributed by atoms with Gasteiger partial charge in [0.05, 0.1) is 0 Å². The van der Waals surface area contributed by atoms with Gasteiger partial charge in [-0.15, -0.1) is 0 Å². The monoisotopic (exact) mass is 314 g/mol. The summed E-state index contributed by atoms with van der Waals surface area (Å²) in [6, 6.07) is 8.40. The van der Waals surface area contributed by atoms with Crippen molar-refractivity contribution in [1.82, 2.24) is 4.57 Å². The molecule has 1 heterocycles. The maximum absolute atomic E-state index is 12.2. The normalized spacial score (nSPS) is 10.4. The van der Waals surface area contributed by atoms with Gasteiger partial charge in [0.15, 0.2) is 0 Å². The van der Waals surface area contributed by atoms with Crippen molar-refractivity contribution in [3.63, 3.8) is 0 Å². The third-order valence-electron chi connectivity index (χ3n) is 3.43. The SMILES string of the molecule is Cc1cc(C)cc(NC(=O)Cn2c(C)ccc(C(=O)O)c2=O)c1. The van der Waals surface area contributed by atoms with Gasteiger partial charge in [-0.25, -0.2) is 4.79 Å². The Bertz CT molecular complexity index is 817. The summed E-state index contributed by atoms with van der Waals surface area (Å²) < 4.78 is 1.15. The first-order chi connectivity index (χ1) is 10.8. The molecule has 1 aromatic heterocycles. The van der Waals surface area contributed by atoms with E-state index in [-0.39, 0.29) is 18.0 Å². The van der Waals surface area contributed by atoms with Crippen LogP contribution in [0.5, 0.6) is 0 Å². The van der Waals surface area contributed by atoms with E-state index in [0.29, 0.717) is 11.4 Å². The lowest BCUT2D eigenvalue weighted by Gasteiger charge is -2.12. The number of nitrogens with one attached hydrogen (secondary N) is 1. The molecule has 6 heteroatoms. The van der Waals surface area contributed by atoms with E-state index < -0.39 is 11.5 Å². The highest BCUT2D eigenvalue weighted by Gasteiger charge is 2.14. The molecule has 2 N–H and O–H groups in total. The predicted octanol–water partition coefficient (Wildman–Crippen LogP) is 2.11. The first-order valence-corrected chi connectivity index (χ1v) is 7.10. The van der Waals surface area contributed by atoms with Gasteiger partial charge in [0.2, 0.25) is 5.91 Å². The van der Waals surface area contributed by atoms with Gasteiger partial charge < -0.3 is 15.0 Å². The number of carbonyl (C=O) groups excluding carboxylic acids is 1. The topological polar surface area (TPSA) is 88.4 Å². The van der Waals surface area contributed by atoms with Gasteiger partial charge in [-0.1, -0.05) is 6.07 Å². The summed E-state index contributed by atoms with van der Waals surface area (Å²) in [5, 5.41) is 11.7. The van der Waals surface area contributed by atoms with Gasteiger partial charge in [-0.05, 0) is 56.2 Å². The quantitative estimate of drug-likeness (QED) is 0.904. The van der Waals surface area contributed by atoms with E-state index in [1.54, 1.807) is 6.92 Å². The number of hydrogen-bond donors (Lipinski definition) is 2. The predicted molar refractivity (Wildman–Crippen MR) is 86.9 cm³/mol. The number of hydrogen-bond acceptors (Lipinski definition) is 3. The van der Waals surface area contributed by atoms with Crippen molar-refractivity contribution in [2.75, 3.05) is 5.32 Å². The van der Waals surface area contributed by atoms with Crippen molar-refractivity contribution in [2.24, 2.45) is 0 Å². The van der Waals surface area contributed by atoms with E-state index in [1.807, 2.05) is 32.0 Å². The number of anilines is 1. The Morgan fingerprint density at radius 2 is 1.70 bits per heavy atom. The lowest BCUT2D eigenvalue weighted by Crippen LogP contribution is -2.32. The number of aromatic nitrogens is 1. The van der Waals surface area contributed by atoms with Crippen LogP contribution < -0.4 is 10.9 Å². The second-order valence-corrected chi connectivity index (χ2v) is 5.51. The Morgan fingerprint density at radius 3 is 2.26 bits per heavy atom. The number of amides is 1. The minimum Gasteiger partial charge on any atom is -0.477 e. The zero-order valence-electron chi connectivity index (χ0n) is 13.2. The maximum atomic E-state index is 12.2. The molecule has 0 aliphatic heterocycles. The molecule has 0 aliphatic rings. The van der Waals surface area contributed by atoms with Gasteiger partial charge in [0.1, 0.15) is 12.1 Å². The molecule has 0 bridgehead atoms. The van der Waals surface area contributed by atoms with Crippen molar-refractivity contribution >= 4 is 17.6 Å². The standard InChI is InChI=1S/C17H18N2O4/c1-10-6-11(2)8-13(7-10)18-15(20)9-19-12(3)4-5-14(16(19)21)17(22)23/h4-8H,9H2,1-3H3,(H,18,20)(H,22,23). The molecule has 0 atom stereocenters. The van der Waals surface area contributed by atoms with E-state index in [2.05, 4.69) is 5.32 Å². The summed E-state index contributed by atoms with van der Waals surface area (Å²) in [5.41, 5.74) is 2.16. The summed E-state index contributed by atoms with van der Waals surface area (Å²) in [6.45, 7) is 5.26. The average Bonchev–Trinajstić information content (AvgIpc) is 2.41. The van der Waals surface area contributed by atoms with Crippen molar-refractivity contribution < 1.29 is 14.7 Å². The molecule has 0 saturated carbocycles. The van der Waals surface area contributed by atoms with Gasteiger partial charge in [-0.2, -0.15) is 0 Å². The van der Waals surface area contributed by atoms with Crippen molar-refractivity contribution in [2.45, 2.75) is 27.3 Å². The van der Waals surface area contributed by atoms with E-state index in [4.69, 9.17) is 5.11 Å². The fourth-order valence-corrected chi connectivity index (χ4v) is 2.42. The number of pyridine rings is 1. The van der Waals surface area contributed by atoms with Gasteiger partial charge in [-0.3, -0.25) is 9.59 Å². The molecule has 0 saturated heterocycles. The zero-order valence-corrected chi connectivity index (χ0v) is 13.2. The third-order valence-corrected chi connectivity index (χ3v) is 3.43. The van der Waals surface area contributed by atoms with Crippen molar-refractivity contribution in [3.05, 3.63) is 63.1 Å². The molecule has 1 aromatic carbocycles. The van der Waals surface area contributed by atoms with Gasteiger partial charge >= 0.3 is 5.97 Å². The molecular weight excluding hydrogens is 296 g/mol. The molecule has 0 spiro atoms. The molecule has 0 radical (unpaired) electrons. The van der Waals surface area contributed by atoms with Gasteiger partial charge in [0.25, 0.3) is 5.56 Å². The molecule has 6 nitrogen and oxygen atoms in total. The number of carbonyl (C=O) groups is 2. The molecule has 1 amide bonds. The molecule has 0 aliphatic carbocycles. The van der Waals surface area contributed by atoms with Crippen LogP contribution in [0.3, 0.4) is 0 Å².